The quantitative estimate of drug-likeness (QED) is 0.145. The first kappa shape index (κ1) is 30.1. The number of aromatic nitrogens is 2. The van der Waals surface area contributed by atoms with Crippen LogP contribution in [0, 0.1) is 6.92 Å². The monoisotopic (exact) mass is 547 g/mol. The molecular weight excluding hydrogens is 505 g/mol. The Kier molecular flexibility index (Phi) is 12.1. The minimum Gasteiger partial charge on any atom is -0.344 e. The van der Waals surface area contributed by atoms with Gasteiger partial charge < -0.3 is 9.63 Å². The number of unbranched alkanes of at least 4 members (excludes halogenated alkanes) is 9. The highest BCUT2D eigenvalue weighted by atomic mass is 31.2. The maximum atomic E-state index is 13.3. The molecule has 3 atom stereocenters. The molecule has 0 radical (unpaired) electrons. The van der Waals surface area contributed by atoms with Crippen LogP contribution in [0.2, 0.25) is 0 Å². The molecule has 1 aliphatic heterocycles. The molecule has 0 amide bonds. The average molecular weight is 548 g/mol. The number of rotatable bonds is 17. The molecule has 1 aromatic heterocycles. The number of nitrogens with one attached hydrogen (secondary N) is 1. The summed E-state index contributed by atoms with van der Waals surface area (Å²) in [6.45, 7) is 4.08. The molecule has 210 valence electrons. The molecular formula is C28H42N3O6P. The lowest BCUT2D eigenvalue weighted by Crippen LogP contribution is -2.33. The van der Waals surface area contributed by atoms with E-state index in [2.05, 4.69) is 11.9 Å². The van der Waals surface area contributed by atoms with Gasteiger partial charge in [-0.25, -0.2) is 9.36 Å². The molecule has 0 spiro atoms. The molecule has 0 saturated heterocycles. The van der Waals surface area contributed by atoms with Crippen LogP contribution in [0.15, 0.2) is 58.3 Å². The zero-order chi connectivity index (χ0) is 27.4. The molecule has 2 aromatic rings. The molecule has 9 nitrogen and oxygen atoms in total. The lowest BCUT2D eigenvalue weighted by molar-refractivity contribution is -0.00730. The van der Waals surface area contributed by atoms with E-state index in [9.17, 15) is 19.0 Å². The second-order valence-electron chi connectivity index (χ2n) is 9.86. The van der Waals surface area contributed by atoms with Gasteiger partial charge in [0.05, 0.1) is 6.61 Å². The Labute approximate surface area is 225 Å². The standard InChI is InChI=1S/C28H42N3O6P/c1-3-4-5-6-7-8-9-10-11-15-20-31(24-16-13-12-14-17-24)38(34,35)36-22-25-18-19-26(37-25)30-21-23(2)27(32)29-28(30)33/h12-14,16-19,21,25-26H,3-11,15,20,22H2,1-2H3,(H,34,35)(H,29,32,33)/t25-,26+/m0/s1. The number of benzene rings is 1. The first-order valence-electron chi connectivity index (χ1n) is 13.8. The van der Waals surface area contributed by atoms with Gasteiger partial charge in [-0.1, -0.05) is 89.0 Å². The van der Waals surface area contributed by atoms with Crippen molar-refractivity contribution in [3.05, 3.63) is 75.1 Å². The molecule has 2 heterocycles. The van der Waals surface area contributed by atoms with E-state index in [-0.39, 0.29) is 6.61 Å². The van der Waals surface area contributed by atoms with Crippen LogP contribution in [0.3, 0.4) is 0 Å². The van der Waals surface area contributed by atoms with Gasteiger partial charge in [0.2, 0.25) is 0 Å². The molecule has 1 aromatic carbocycles. The van der Waals surface area contributed by atoms with Crippen molar-refractivity contribution < 1.29 is 18.7 Å². The van der Waals surface area contributed by atoms with Gasteiger partial charge in [-0.2, -0.15) is 0 Å². The third kappa shape index (κ3) is 9.09. The molecule has 0 fully saturated rings. The molecule has 0 saturated carbocycles. The van der Waals surface area contributed by atoms with E-state index in [1.54, 1.807) is 31.2 Å². The highest BCUT2D eigenvalue weighted by Crippen LogP contribution is 2.49. The second-order valence-corrected chi connectivity index (χ2v) is 11.6. The average Bonchev–Trinajstić information content (AvgIpc) is 3.37. The third-order valence-electron chi connectivity index (χ3n) is 6.71. The molecule has 1 unspecified atom stereocenters. The van der Waals surface area contributed by atoms with Crippen molar-refractivity contribution in [1.82, 2.24) is 9.55 Å². The van der Waals surface area contributed by atoms with E-state index in [0.717, 1.165) is 19.3 Å². The normalized spacial score (nSPS) is 18.5. The number of anilines is 1. The van der Waals surface area contributed by atoms with Crippen molar-refractivity contribution in [3.8, 4) is 0 Å². The Morgan fingerprint density at radius 2 is 1.63 bits per heavy atom. The van der Waals surface area contributed by atoms with E-state index >= 15 is 0 Å². The molecule has 0 aliphatic carbocycles. The van der Waals surface area contributed by atoms with Crippen LogP contribution in [0.1, 0.15) is 82.9 Å². The van der Waals surface area contributed by atoms with Crippen LogP contribution in [0.4, 0.5) is 5.69 Å². The van der Waals surface area contributed by atoms with Gasteiger partial charge in [-0.3, -0.25) is 23.5 Å². The highest BCUT2D eigenvalue weighted by molar-refractivity contribution is 7.54. The van der Waals surface area contributed by atoms with Gasteiger partial charge in [0.15, 0.2) is 6.23 Å². The Morgan fingerprint density at radius 3 is 2.29 bits per heavy atom. The van der Waals surface area contributed by atoms with Crippen molar-refractivity contribution in [2.24, 2.45) is 0 Å². The minimum absolute atomic E-state index is 0.154. The van der Waals surface area contributed by atoms with Crippen LogP contribution in [0.5, 0.6) is 0 Å². The Hall–Kier alpha value is -2.45. The summed E-state index contributed by atoms with van der Waals surface area (Å²) in [5.41, 5.74) is -0.0222. The number of aromatic amines is 1. The Bertz CT molecular complexity index is 1180. The van der Waals surface area contributed by atoms with Crippen LogP contribution < -0.4 is 15.9 Å². The second kappa shape index (κ2) is 15.2. The van der Waals surface area contributed by atoms with Gasteiger partial charge in [0.25, 0.3) is 5.56 Å². The van der Waals surface area contributed by atoms with Crippen molar-refractivity contribution >= 4 is 13.4 Å². The SMILES string of the molecule is CCCCCCCCCCCCN(c1ccccc1)P(=O)(O)OC[C@@H]1C=C[C@H](n2cc(C)c(=O)[nH]c2=O)O1. The molecule has 2 N–H and O–H groups in total. The molecule has 38 heavy (non-hydrogen) atoms. The lowest BCUT2D eigenvalue weighted by atomic mass is 10.1. The third-order valence-corrected chi connectivity index (χ3v) is 8.24. The fourth-order valence-electron chi connectivity index (χ4n) is 4.51. The summed E-state index contributed by atoms with van der Waals surface area (Å²) in [4.78, 5) is 37.0. The van der Waals surface area contributed by atoms with Crippen LogP contribution in [-0.4, -0.2) is 33.7 Å². The van der Waals surface area contributed by atoms with Crippen molar-refractivity contribution in [1.29, 1.82) is 0 Å². The Balaban J connectivity index is 1.50. The number of nitrogens with zero attached hydrogens (tertiary/aromatic N) is 2. The van der Waals surface area contributed by atoms with E-state index in [4.69, 9.17) is 9.26 Å². The summed E-state index contributed by atoms with van der Waals surface area (Å²) in [7, 11) is -4.17. The number of aryl methyl sites for hydroxylation is 1. The summed E-state index contributed by atoms with van der Waals surface area (Å²) in [5.74, 6) is 0. The fourth-order valence-corrected chi connectivity index (χ4v) is 5.81. The van der Waals surface area contributed by atoms with Crippen molar-refractivity contribution in [2.75, 3.05) is 17.8 Å². The lowest BCUT2D eigenvalue weighted by Gasteiger charge is -2.29. The van der Waals surface area contributed by atoms with E-state index in [0.29, 0.717) is 17.8 Å². The summed E-state index contributed by atoms with van der Waals surface area (Å²) in [5, 5.41) is 0. The Morgan fingerprint density at radius 1 is 1.00 bits per heavy atom. The molecule has 0 bridgehead atoms. The summed E-state index contributed by atoms with van der Waals surface area (Å²) in [6, 6.07) is 9.13. The van der Waals surface area contributed by atoms with Gasteiger partial charge >= 0.3 is 13.4 Å². The first-order valence-corrected chi connectivity index (χ1v) is 15.3. The molecule has 3 rings (SSSR count). The summed E-state index contributed by atoms with van der Waals surface area (Å²) in [6.07, 6.45) is 15.2. The smallest absolute Gasteiger partial charge is 0.344 e. The maximum absolute atomic E-state index is 13.3. The summed E-state index contributed by atoms with van der Waals surface area (Å²) >= 11 is 0. The highest BCUT2D eigenvalue weighted by Gasteiger charge is 2.32. The molecule has 1 aliphatic rings. The van der Waals surface area contributed by atoms with E-state index < -0.39 is 31.3 Å². The fraction of sp³-hybridized carbons (Fsp3) is 0.571. The zero-order valence-electron chi connectivity index (χ0n) is 22.6. The summed E-state index contributed by atoms with van der Waals surface area (Å²) < 4.78 is 27.4. The zero-order valence-corrected chi connectivity index (χ0v) is 23.5. The van der Waals surface area contributed by atoms with Crippen molar-refractivity contribution in [3.63, 3.8) is 0 Å². The number of H-pyrrole nitrogens is 1. The predicted octanol–water partition coefficient (Wildman–Crippen LogP) is 5.84. The van der Waals surface area contributed by atoms with Crippen LogP contribution >= 0.6 is 7.75 Å². The van der Waals surface area contributed by atoms with E-state index in [1.165, 1.54) is 60.4 Å². The van der Waals surface area contributed by atoms with E-state index in [1.807, 2.05) is 18.2 Å². The minimum atomic E-state index is -4.17. The number of ether oxygens (including phenoxy) is 1. The van der Waals surface area contributed by atoms with Crippen LogP contribution in [-0.2, 0) is 13.8 Å². The topological polar surface area (TPSA) is 114 Å². The van der Waals surface area contributed by atoms with Gasteiger partial charge in [0, 0.05) is 24.0 Å². The first-order chi connectivity index (χ1) is 18.3. The van der Waals surface area contributed by atoms with Gasteiger partial charge in [-0.05, 0) is 31.6 Å². The van der Waals surface area contributed by atoms with Gasteiger partial charge in [0.1, 0.15) is 6.10 Å². The van der Waals surface area contributed by atoms with Crippen molar-refractivity contribution in [2.45, 2.75) is 90.4 Å². The largest absolute Gasteiger partial charge is 0.432 e. The number of hydrogen-bond donors (Lipinski definition) is 2. The molecule has 10 heteroatoms. The predicted molar refractivity (Wildman–Crippen MR) is 151 cm³/mol. The number of para-hydroxylation sites is 1. The maximum Gasteiger partial charge on any atom is 0.432 e. The number of hydrogen-bond acceptors (Lipinski definition) is 5. The van der Waals surface area contributed by atoms with Gasteiger partial charge in [-0.15, -0.1) is 0 Å². The van der Waals surface area contributed by atoms with Crippen LogP contribution in [0.25, 0.3) is 0 Å².